The Balaban J connectivity index is 0.00000612. The molecule has 1 heterocycles. The molecule has 0 bridgehead atoms. The number of aryl methyl sites for hydroxylation is 1. The lowest BCUT2D eigenvalue weighted by Gasteiger charge is -2.39. The van der Waals surface area contributed by atoms with Crippen molar-refractivity contribution < 1.29 is 18.0 Å². The Morgan fingerprint density at radius 3 is 2.25 bits per heavy atom. The predicted molar refractivity (Wildman–Crippen MR) is 150 cm³/mol. The van der Waals surface area contributed by atoms with Gasteiger partial charge in [-0.05, 0) is 24.6 Å². The number of piperazine rings is 1. The van der Waals surface area contributed by atoms with E-state index in [9.17, 15) is 18.0 Å². The van der Waals surface area contributed by atoms with Gasteiger partial charge < -0.3 is 15.5 Å². The summed E-state index contributed by atoms with van der Waals surface area (Å²) in [5.74, 6) is -0.399. The van der Waals surface area contributed by atoms with Gasteiger partial charge in [0.25, 0.3) is 5.91 Å². The van der Waals surface area contributed by atoms with Crippen LogP contribution >= 0.6 is 36.4 Å². The molecular weight excluding hydrogens is 551 g/mol. The third-order valence-electron chi connectivity index (χ3n) is 5.64. The predicted octanol–water partition coefficient (Wildman–Crippen LogP) is 1.36. The lowest BCUT2D eigenvalue weighted by molar-refractivity contribution is -0.146. The van der Waals surface area contributed by atoms with Crippen LogP contribution in [-0.2, 0) is 19.6 Å². The molecule has 0 aliphatic carbocycles. The Labute approximate surface area is 232 Å². The molecule has 1 aromatic rings. The number of sulfonamides is 1. The van der Waals surface area contributed by atoms with Gasteiger partial charge in [-0.1, -0.05) is 31.5 Å². The summed E-state index contributed by atoms with van der Waals surface area (Å²) in [6, 6.07) is 5.71. The molecular formula is C22H39Cl3N6O4S. The van der Waals surface area contributed by atoms with Gasteiger partial charge in [0.1, 0.15) is 0 Å². The second-order valence-corrected chi connectivity index (χ2v) is 11.2. The molecule has 2 amide bonds. The quantitative estimate of drug-likeness (QED) is 0.376. The van der Waals surface area contributed by atoms with E-state index >= 15 is 0 Å². The number of amides is 2. The molecule has 0 spiro atoms. The van der Waals surface area contributed by atoms with E-state index in [4.69, 9.17) is 11.6 Å². The first kappa shape index (κ1) is 34.7. The molecule has 10 nitrogen and oxygen atoms in total. The maximum absolute atomic E-state index is 13.2. The van der Waals surface area contributed by atoms with E-state index in [-0.39, 0.29) is 49.7 Å². The molecule has 0 unspecified atom stereocenters. The number of benzene rings is 1. The monoisotopic (exact) mass is 588 g/mol. The fraction of sp³-hybridized carbons (Fsp3) is 0.636. The number of nitrogens with zero attached hydrogens (tertiary/aromatic N) is 4. The number of nitrogens with one attached hydrogen (secondary N) is 2. The van der Waals surface area contributed by atoms with Gasteiger partial charge in [-0.2, -0.15) is 4.31 Å². The van der Waals surface area contributed by atoms with E-state index in [1.54, 1.807) is 24.1 Å². The van der Waals surface area contributed by atoms with Crippen molar-refractivity contribution in [2.45, 2.75) is 26.8 Å². The minimum absolute atomic E-state index is 0. The number of anilines is 1. The fourth-order valence-electron chi connectivity index (χ4n) is 3.67. The summed E-state index contributed by atoms with van der Waals surface area (Å²) in [7, 11) is -1.59. The average Bonchev–Trinajstić information content (AvgIpc) is 2.76. The summed E-state index contributed by atoms with van der Waals surface area (Å²) in [4.78, 5) is 27.5. The third-order valence-corrected chi connectivity index (χ3v) is 7.18. The highest BCUT2D eigenvalue weighted by Crippen LogP contribution is 2.24. The molecule has 208 valence electrons. The average molecular weight is 590 g/mol. The standard InChI is InChI=1S/C22H37ClN6O4S.2ClH/c1-17(2)24-8-9-25-21(30)15-27(20-14-19(23)7-6-18(20)3)16-22(31)26(4)28-10-12-29(13-11-28)34(5,32)33;;/h6-7,14,17,24H,8-13,15-16H2,1-5H3,(H,25,30);2*1H. The maximum Gasteiger partial charge on any atom is 0.256 e. The number of carbonyl (C=O) groups is 2. The summed E-state index contributed by atoms with van der Waals surface area (Å²) < 4.78 is 24.9. The van der Waals surface area contributed by atoms with Crippen LogP contribution < -0.4 is 15.5 Å². The summed E-state index contributed by atoms with van der Waals surface area (Å²) in [5, 5.41) is 9.98. The molecule has 2 N–H and O–H groups in total. The van der Waals surface area contributed by atoms with Crippen LogP contribution in [0.5, 0.6) is 0 Å². The first-order valence-corrected chi connectivity index (χ1v) is 13.6. The number of rotatable bonds is 11. The minimum Gasteiger partial charge on any atom is -0.353 e. The van der Waals surface area contributed by atoms with Gasteiger partial charge in [-0.25, -0.2) is 13.4 Å². The fourth-order valence-corrected chi connectivity index (χ4v) is 4.67. The van der Waals surface area contributed by atoms with Crippen LogP contribution in [0.3, 0.4) is 0 Å². The van der Waals surface area contributed by atoms with Crippen LogP contribution in [0.25, 0.3) is 0 Å². The number of hydrogen-bond donors (Lipinski definition) is 2. The number of carbonyl (C=O) groups excluding carboxylic acids is 2. The first-order chi connectivity index (χ1) is 15.9. The van der Waals surface area contributed by atoms with Crippen LogP contribution in [0.15, 0.2) is 18.2 Å². The topological polar surface area (TPSA) is 105 Å². The summed E-state index contributed by atoms with van der Waals surface area (Å²) in [5.41, 5.74) is 1.61. The van der Waals surface area contributed by atoms with E-state index in [1.165, 1.54) is 15.6 Å². The van der Waals surface area contributed by atoms with Gasteiger partial charge in [-0.3, -0.25) is 14.6 Å². The van der Waals surface area contributed by atoms with E-state index in [1.807, 2.05) is 31.8 Å². The van der Waals surface area contributed by atoms with Crippen LogP contribution in [0.4, 0.5) is 5.69 Å². The van der Waals surface area contributed by atoms with Crippen LogP contribution in [0, 0.1) is 6.92 Å². The van der Waals surface area contributed by atoms with Crippen molar-refractivity contribution in [1.82, 2.24) is 25.0 Å². The van der Waals surface area contributed by atoms with Crippen molar-refractivity contribution in [2.24, 2.45) is 0 Å². The minimum atomic E-state index is -3.25. The Morgan fingerprint density at radius 1 is 1.08 bits per heavy atom. The Hall–Kier alpha value is -1.34. The van der Waals surface area contributed by atoms with Crippen molar-refractivity contribution in [2.75, 3.05) is 70.6 Å². The summed E-state index contributed by atoms with van der Waals surface area (Å²) in [6.45, 7) is 8.56. The zero-order valence-corrected chi connectivity index (χ0v) is 24.7. The molecule has 0 radical (unpaired) electrons. The normalized spacial score (nSPS) is 14.5. The molecule has 1 aromatic carbocycles. The van der Waals surface area contributed by atoms with Crippen LogP contribution in [-0.4, -0.2) is 106 Å². The Kier molecular flexibility index (Phi) is 15.2. The number of likely N-dealkylation sites (N-methyl/N-ethyl adjacent to an activating group) is 1. The smallest absolute Gasteiger partial charge is 0.256 e. The zero-order chi connectivity index (χ0) is 25.5. The second kappa shape index (κ2) is 15.8. The number of hydrazine groups is 1. The van der Waals surface area contributed by atoms with Gasteiger partial charge in [0.05, 0.1) is 19.3 Å². The molecule has 14 heteroatoms. The van der Waals surface area contributed by atoms with Gasteiger partial charge in [-0.15, -0.1) is 24.8 Å². The molecule has 2 rings (SSSR count). The molecule has 1 fully saturated rings. The number of hydrogen-bond acceptors (Lipinski definition) is 7. The highest BCUT2D eigenvalue weighted by atomic mass is 35.5. The van der Waals surface area contributed by atoms with Gasteiger partial charge in [0.15, 0.2) is 0 Å². The van der Waals surface area contributed by atoms with E-state index in [2.05, 4.69) is 10.6 Å². The van der Waals surface area contributed by atoms with Crippen LogP contribution in [0.2, 0.25) is 5.02 Å². The van der Waals surface area contributed by atoms with Crippen molar-refractivity contribution in [3.8, 4) is 0 Å². The molecule has 1 saturated heterocycles. The van der Waals surface area contributed by atoms with E-state index < -0.39 is 10.0 Å². The SMILES string of the molecule is Cc1ccc(Cl)cc1N(CC(=O)NCCNC(C)C)CC(=O)N(C)N1CCN(S(C)(=O)=O)CC1.Cl.Cl. The largest absolute Gasteiger partial charge is 0.353 e. The van der Waals surface area contributed by atoms with E-state index in [0.717, 1.165) is 5.56 Å². The van der Waals surface area contributed by atoms with Gasteiger partial charge >= 0.3 is 0 Å². The molecule has 0 atom stereocenters. The highest BCUT2D eigenvalue weighted by molar-refractivity contribution is 7.88. The highest BCUT2D eigenvalue weighted by Gasteiger charge is 2.28. The Morgan fingerprint density at radius 2 is 1.69 bits per heavy atom. The molecule has 0 saturated carbocycles. The number of halogens is 3. The second-order valence-electron chi connectivity index (χ2n) is 8.78. The summed E-state index contributed by atoms with van der Waals surface area (Å²) >= 11 is 6.21. The lowest BCUT2D eigenvalue weighted by Crippen LogP contribution is -2.56. The molecule has 1 aliphatic heterocycles. The maximum atomic E-state index is 13.2. The van der Waals surface area contributed by atoms with Gasteiger partial charge in [0.2, 0.25) is 15.9 Å². The zero-order valence-electron chi connectivity index (χ0n) is 21.5. The summed E-state index contributed by atoms with van der Waals surface area (Å²) in [6.07, 6.45) is 1.19. The molecule has 1 aliphatic rings. The van der Waals surface area contributed by atoms with Crippen molar-refractivity contribution >= 4 is 63.9 Å². The van der Waals surface area contributed by atoms with Crippen molar-refractivity contribution in [1.29, 1.82) is 0 Å². The van der Waals surface area contributed by atoms with Crippen molar-refractivity contribution in [3.63, 3.8) is 0 Å². The Bertz CT molecular complexity index is 959. The van der Waals surface area contributed by atoms with Gasteiger partial charge in [0, 0.05) is 63.1 Å². The third kappa shape index (κ3) is 11.0. The first-order valence-electron chi connectivity index (χ1n) is 11.4. The molecule has 36 heavy (non-hydrogen) atoms. The molecule has 0 aromatic heterocycles. The van der Waals surface area contributed by atoms with Crippen molar-refractivity contribution in [3.05, 3.63) is 28.8 Å². The van der Waals surface area contributed by atoms with Crippen LogP contribution in [0.1, 0.15) is 19.4 Å². The van der Waals surface area contributed by atoms with E-state index in [0.29, 0.717) is 56.0 Å². The lowest BCUT2D eigenvalue weighted by atomic mass is 10.1.